The summed E-state index contributed by atoms with van der Waals surface area (Å²) in [6.45, 7) is 18.9. The number of benzene rings is 2. The summed E-state index contributed by atoms with van der Waals surface area (Å²) in [5, 5.41) is 0. The molecule has 0 amide bonds. The van der Waals surface area contributed by atoms with Gasteiger partial charge in [0.2, 0.25) is 0 Å². The fraction of sp³-hybridized carbons (Fsp3) is 0.500. The molecule has 38 heavy (non-hydrogen) atoms. The number of hydrogen-bond donors (Lipinski definition) is 0. The second-order valence-electron chi connectivity index (χ2n) is 11.0. The molecule has 2 aromatic carbocycles. The summed E-state index contributed by atoms with van der Waals surface area (Å²) >= 11 is 0. The Morgan fingerprint density at radius 3 is 1.95 bits per heavy atom. The van der Waals surface area contributed by atoms with Gasteiger partial charge in [0, 0.05) is 5.56 Å². The zero-order valence-corrected chi connectivity index (χ0v) is 25.5. The maximum atomic E-state index is 6.48. The van der Waals surface area contributed by atoms with Crippen LogP contribution in [-0.2, 0) is 13.0 Å². The molecule has 0 spiro atoms. The topological polar surface area (TPSA) is 18.5 Å². The minimum absolute atomic E-state index is 0.587. The molecule has 2 nitrogen and oxygen atoms in total. The second kappa shape index (κ2) is 17.0. The van der Waals surface area contributed by atoms with Crippen LogP contribution in [0.4, 0.5) is 0 Å². The van der Waals surface area contributed by atoms with Gasteiger partial charge >= 0.3 is 0 Å². The summed E-state index contributed by atoms with van der Waals surface area (Å²) in [6.07, 6.45) is 15.9. The Labute approximate surface area is 233 Å². The first-order valence-electron chi connectivity index (χ1n) is 14.6. The van der Waals surface area contributed by atoms with Gasteiger partial charge in [-0.3, -0.25) is 0 Å². The molecular formula is C36H52O2. The lowest BCUT2D eigenvalue weighted by Crippen LogP contribution is -2.08. The van der Waals surface area contributed by atoms with Gasteiger partial charge in [-0.15, -0.1) is 0 Å². The lowest BCUT2D eigenvalue weighted by molar-refractivity contribution is 0.295. The second-order valence-corrected chi connectivity index (χ2v) is 11.0. The van der Waals surface area contributed by atoms with Crippen molar-refractivity contribution in [2.45, 2.75) is 113 Å². The van der Waals surface area contributed by atoms with Gasteiger partial charge in [-0.05, 0) is 116 Å². The van der Waals surface area contributed by atoms with Crippen LogP contribution in [0.2, 0.25) is 0 Å². The van der Waals surface area contributed by atoms with Crippen molar-refractivity contribution in [2.24, 2.45) is 0 Å². The number of rotatable bonds is 16. The number of unbranched alkanes of at least 4 members (excludes halogenated alkanes) is 1. The van der Waals surface area contributed by atoms with Crippen molar-refractivity contribution in [3.05, 3.63) is 93.1 Å². The molecule has 0 atom stereocenters. The highest BCUT2D eigenvalue weighted by Gasteiger charge is 2.19. The maximum Gasteiger partial charge on any atom is 0.126 e. The summed E-state index contributed by atoms with van der Waals surface area (Å²) in [6, 6.07) is 10.4. The van der Waals surface area contributed by atoms with Crippen molar-refractivity contribution in [1.29, 1.82) is 0 Å². The van der Waals surface area contributed by atoms with Crippen LogP contribution in [0.25, 0.3) is 0 Å². The molecule has 0 fully saturated rings. The van der Waals surface area contributed by atoms with Gasteiger partial charge < -0.3 is 9.47 Å². The van der Waals surface area contributed by atoms with Crippen molar-refractivity contribution >= 4 is 0 Å². The SMILES string of the molecule is CCCCc1c(C)c(OCc2ccccc2)c(C)c(C)c1OCC/C=C(\C)CC/C=C(\C)CCC=C(C)C. The van der Waals surface area contributed by atoms with E-state index < -0.39 is 0 Å². The van der Waals surface area contributed by atoms with Gasteiger partial charge in [-0.1, -0.05) is 78.6 Å². The predicted molar refractivity (Wildman–Crippen MR) is 166 cm³/mol. The average molecular weight is 517 g/mol. The molecule has 0 saturated heterocycles. The monoisotopic (exact) mass is 516 g/mol. The highest BCUT2D eigenvalue weighted by Crippen LogP contribution is 2.39. The van der Waals surface area contributed by atoms with Crippen LogP contribution >= 0.6 is 0 Å². The number of hydrogen-bond acceptors (Lipinski definition) is 2. The van der Waals surface area contributed by atoms with E-state index in [0.29, 0.717) is 13.2 Å². The highest BCUT2D eigenvalue weighted by atomic mass is 16.5. The van der Waals surface area contributed by atoms with E-state index in [-0.39, 0.29) is 0 Å². The molecule has 0 unspecified atom stereocenters. The molecule has 0 radical (unpaired) electrons. The van der Waals surface area contributed by atoms with Crippen LogP contribution in [0.15, 0.2) is 65.3 Å². The van der Waals surface area contributed by atoms with Gasteiger partial charge in [0.15, 0.2) is 0 Å². The largest absolute Gasteiger partial charge is 0.493 e. The van der Waals surface area contributed by atoms with Crippen LogP contribution in [0.3, 0.4) is 0 Å². The molecule has 0 N–H and O–H groups in total. The van der Waals surface area contributed by atoms with Gasteiger partial charge in [0.25, 0.3) is 0 Å². The van der Waals surface area contributed by atoms with Gasteiger partial charge in [0.1, 0.15) is 18.1 Å². The lowest BCUT2D eigenvalue weighted by Gasteiger charge is -2.23. The molecular weight excluding hydrogens is 464 g/mol. The smallest absolute Gasteiger partial charge is 0.126 e. The summed E-state index contributed by atoms with van der Waals surface area (Å²) in [5.74, 6) is 2.09. The molecule has 2 rings (SSSR count). The van der Waals surface area contributed by atoms with Crippen LogP contribution < -0.4 is 9.47 Å². The Morgan fingerprint density at radius 1 is 0.711 bits per heavy atom. The van der Waals surface area contributed by atoms with Crippen LogP contribution in [0, 0.1) is 20.8 Å². The molecule has 0 heterocycles. The summed E-state index contributed by atoms with van der Waals surface area (Å²) in [4.78, 5) is 0. The fourth-order valence-corrected chi connectivity index (χ4v) is 4.76. The summed E-state index contributed by atoms with van der Waals surface area (Å²) < 4.78 is 12.9. The molecule has 0 aliphatic heterocycles. The van der Waals surface area contributed by atoms with Crippen LogP contribution in [0.5, 0.6) is 11.5 Å². The fourth-order valence-electron chi connectivity index (χ4n) is 4.76. The van der Waals surface area contributed by atoms with Crippen molar-refractivity contribution < 1.29 is 9.47 Å². The Balaban J connectivity index is 2.01. The van der Waals surface area contributed by atoms with Crippen LogP contribution in [0.1, 0.15) is 107 Å². The highest BCUT2D eigenvalue weighted by molar-refractivity contribution is 5.58. The van der Waals surface area contributed by atoms with Crippen molar-refractivity contribution in [3.8, 4) is 11.5 Å². The average Bonchev–Trinajstić information content (AvgIpc) is 2.89. The zero-order chi connectivity index (χ0) is 27.9. The molecule has 0 bridgehead atoms. The van der Waals surface area contributed by atoms with E-state index in [9.17, 15) is 0 Å². The maximum absolute atomic E-state index is 6.48. The number of allylic oxidation sites excluding steroid dienone is 5. The van der Waals surface area contributed by atoms with E-state index in [0.717, 1.165) is 62.9 Å². The predicted octanol–water partition coefficient (Wildman–Crippen LogP) is 10.7. The molecule has 0 aromatic heterocycles. The third-order valence-corrected chi connectivity index (χ3v) is 7.30. The van der Waals surface area contributed by atoms with Gasteiger partial charge in [-0.2, -0.15) is 0 Å². The third-order valence-electron chi connectivity index (χ3n) is 7.30. The van der Waals surface area contributed by atoms with E-state index in [1.54, 1.807) is 0 Å². The van der Waals surface area contributed by atoms with E-state index in [1.165, 1.54) is 44.5 Å². The normalized spacial score (nSPS) is 12.0. The lowest BCUT2D eigenvalue weighted by atomic mass is 9.94. The quantitative estimate of drug-likeness (QED) is 0.163. The van der Waals surface area contributed by atoms with Crippen molar-refractivity contribution in [3.63, 3.8) is 0 Å². The van der Waals surface area contributed by atoms with E-state index in [2.05, 4.69) is 97.9 Å². The minimum Gasteiger partial charge on any atom is -0.493 e. The van der Waals surface area contributed by atoms with Crippen molar-refractivity contribution in [1.82, 2.24) is 0 Å². The first-order chi connectivity index (χ1) is 18.2. The minimum atomic E-state index is 0.587. The third kappa shape index (κ3) is 10.6. The summed E-state index contributed by atoms with van der Waals surface area (Å²) in [7, 11) is 0. The Morgan fingerprint density at radius 2 is 1.32 bits per heavy atom. The van der Waals surface area contributed by atoms with E-state index >= 15 is 0 Å². The molecule has 2 heteroatoms. The molecule has 2 aromatic rings. The van der Waals surface area contributed by atoms with Gasteiger partial charge in [-0.25, -0.2) is 0 Å². The zero-order valence-electron chi connectivity index (χ0n) is 25.5. The molecule has 0 aliphatic carbocycles. The number of ether oxygens (including phenoxy) is 2. The first kappa shape index (κ1) is 31.5. The van der Waals surface area contributed by atoms with E-state index in [4.69, 9.17) is 9.47 Å². The van der Waals surface area contributed by atoms with Crippen molar-refractivity contribution in [2.75, 3.05) is 6.61 Å². The first-order valence-corrected chi connectivity index (χ1v) is 14.6. The standard InChI is InChI=1S/C36H52O2/c1-9-10-24-34-32(8)35(38-26-33-22-12-11-13-23-33)30(6)31(7)36(34)37-25-16-21-29(5)20-15-19-28(4)18-14-17-27(2)3/h11-13,17,19,21-23H,9-10,14-16,18,20,24-26H2,1-8H3/b28-19+,29-21+. The molecule has 208 valence electrons. The van der Waals surface area contributed by atoms with Gasteiger partial charge in [0.05, 0.1) is 6.61 Å². The Bertz CT molecular complexity index is 1080. The molecule has 0 saturated carbocycles. The Kier molecular flexibility index (Phi) is 14.1. The Hall–Kier alpha value is -2.74. The van der Waals surface area contributed by atoms with E-state index in [1.807, 2.05) is 6.07 Å². The van der Waals surface area contributed by atoms with Crippen LogP contribution in [-0.4, -0.2) is 6.61 Å². The molecule has 0 aliphatic rings. The summed E-state index contributed by atoms with van der Waals surface area (Å²) in [5.41, 5.74) is 10.5.